The van der Waals surface area contributed by atoms with Crippen molar-refractivity contribution in [1.82, 2.24) is 19.7 Å². The summed E-state index contributed by atoms with van der Waals surface area (Å²) < 4.78 is 1.67. The SMILES string of the molecule is CCC(C(=O)N1CCC(Cc2n[nH]c(=O)n2-c2cccs2)CC1)c1ccccc1. The van der Waals surface area contributed by atoms with Gasteiger partial charge in [-0.2, -0.15) is 5.10 Å². The third-order valence-electron chi connectivity index (χ3n) is 5.77. The Balaban J connectivity index is 1.39. The zero-order valence-electron chi connectivity index (χ0n) is 16.6. The van der Waals surface area contributed by atoms with Crippen LogP contribution in [0.4, 0.5) is 0 Å². The van der Waals surface area contributed by atoms with Gasteiger partial charge in [0.2, 0.25) is 5.91 Å². The van der Waals surface area contributed by atoms with Gasteiger partial charge >= 0.3 is 5.69 Å². The maximum atomic E-state index is 13.1. The molecule has 0 radical (unpaired) electrons. The molecule has 1 aliphatic rings. The van der Waals surface area contributed by atoms with Gasteiger partial charge in [-0.05, 0) is 48.3 Å². The number of rotatable bonds is 6. The molecule has 3 aromatic rings. The van der Waals surface area contributed by atoms with E-state index >= 15 is 0 Å². The van der Waals surface area contributed by atoms with Crippen molar-refractivity contribution in [2.75, 3.05) is 13.1 Å². The highest BCUT2D eigenvalue weighted by molar-refractivity contribution is 7.12. The summed E-state index contributed by atoms with van der Waals surface area (Å²) in [5.74, 6) is 1.36. The third-order valence-corrected chi connectivity index (χ3v) is 6.63. The molecule has 3 heterocycles. The Hall–Kier alpha value is -2.67. The third kappa shape index (κ3) is 4.19. The van der Waals surface area contributed by atoms with Crippen molar-refractivity contribution in [1.29, 1.82) is 0 Å². The van der Waals surface area contributed by atoms with Gasteiger partial charge in [0, 0.05) is 19.5 Å². The molecule has 1 fully saturated rings. The molecule has 152 valence electrons. The van der Waals surface area contributed by atoms with E-state index in [0.29, 0.717) is 5.92 Å². The number of hydrogen-bond donors (Lipinski definition) is 1. The van der Waals surface area contributed by atoms with Crippen molar-refractivity contribution in [2.24, 2.45) is 5.92 Å². The second-order valence-corrected chi connectivity index (χ2v) is 8.50. The maximum absolute atomic E-state index is 13.1. The van der Waals surface area contributed by atoms with Crippen molar-refractivity contribution < 1.29 is 4.79 Å². The highest BCUT2D eigenvalue weighted by Gasteiger charge is 2.29. The summed E-state index contributed by atoms with van der Waals surface area (Å²) in [6.07, 6.45) is 3.42. The van der Waals surface area contributed by atoms with Crippen LogP contribution < -0.4 is 5.69 Å². The Kier molecular flexibility index (Phi) is 5.94. The number of amides is 1. The molecular weight excluding hydrogens is 384 g/mol. The highest BCUT2D eigenvalue weighted by Crippen LogP contribution is 2.27. The molecular formula is C22H26N4O2S. The van der Waals surface area contributed by atoms with Crippen molar-refractivity contribution in [3.05, 3.63) is 69.7 Å². The lowest BCUT2D eigenvalue weighted by atomic mass is 9.90. The van der Waals surface area contributed by atoms with Gasteiger partial charge in [0.1, 0.15) is 10.8 Å². The minimum Gasteiger partial charge on any atom is -0.342 e. The zero-order chi connectivity index (χ0) is 20.2. The number of hydrogen-bond acceptors (Lipinski definition) is 4. The van der Waals surface area contributed by atoms with Crippen LogP contribution in [0.5, 0.6) is 0 Å². The van der Waals surface area contributed by atoms with E-state index in [1.807, 2.05) is 52.7 Å². The van der Waals surface area contributed by atoms with Crippen LogP contribution in [0.3, 0.4) is 0 Å². The van der Waals surface area contributed by atoms with E-state index in [0.717, 1.165) is 55.2 Å². The summed E-state index contributed by atoms with van der Waals surface area (Å²) >= 11 is 1.53. The second kappa shape index (κ2) is 8.78. The van der Waals surface area contributed by atoms with Crippen molar-refractivity contribution in [3.63, 3.8) is 0 Å². The fourth-order valence-corrected chi connectivity index (χ4v) is 4.91. The fraction of sp³-hybridized carbons (Fsp3) is 0.409. The maximum Gasteiger partial charge on any atom is 0.348 e. The summed E-state index contributed by atoms with van der Waals surface area (Å²) in [7, 11) is 0. The van der Waals surface area contributed by atoms with Gasteiger partial charge in [-0.1, -0.05) is 37.3 Å². The van der Waals surface area contributed by atoms with E-state index in [2.05, 4.69) is 17.1 Å². The number of nitrogens with one attached hydrogen (secondary N) is 1. The highest BCUT2D eigenvalue weighted by atomic mass is 32.1. The van der Waals surface area contributed by atoms with Gasteiger partial charge in [-0.15, -0.1) is 11.3 Å². The van der Waals surface area contributed by atoms with E-state index in [-0.39, 0.29) is 17.5 Å². The standard InChI is InChI=1S/C22H26N4O2S/c1-2-18(17-7-4-3-5-8-17)21(27)25-12-10-16(11-13-25)15-19-23-24-22(28)26(19)20-9-6-14-29-20/h3-9,14,16,18H,2,10-13,15H2,1H3,(H,24,28). The Labute approximate surface area is 174 Å². The van der Waals surface area contributed by atoms with E-state index in [1.165, 1.54) is 11.3 Å². The molecule has 1 saturated heterocycles. The lowest BCUT2D eigenvalue weighted by Gasteiger charge is -2.34. The molecule has 0 aliphatic carbocycles. The number of piperidine rings is 1. The fourth-order valence-electron chi connectivity index (χ4n) is 4.17. The van der Waals surface area contributed by atoms with Crippen LogP contribution in [-0.2, 0) is 11.2 Å². The van der Waals surface area contributed by atoms with Crippen molar-refractivity contribution in [2.45, 2.75) is 38.5 Å². The number of nitrogens with zero attached hydrogens (tertiary/aromatic N) is 3. The monoisotopic (exact) mass is 410 g/mol. The van der Waals surface area contributed by atoms with Gasteiger partial charge < -0.3 is 4.90 Å². The number of benzene rings is 1. The Morgan fingerprint density at radius 3 is 2.62 bits per heavy atom. The van der Waals surface area contributed by atoms with Crippen LogP contribution in [0, 0.1) is 5.92 Å². The summed E-state index contributed by atoms with van der Waals surface area (Å²) in [6, 6.07) is 13.9. The van der Waals surface area contributed by atoms with Gasteiger partial charge in [0.15, 0.2) is 0 Å². The van der Waals surface area contributed by atoms with Gasteiger partial charge in [0.25, 0.3) is 0 Å². The van der Waals surface area contributed by atoms with E-state index < -0.39 is 0 Å². The Bertz CT molecular complexity index is 986. The van der Waals surface area contributed by atoms with E-state index in [1.54, 1.807) is 4.57 Å². The number of aromatic amines is 1. The minimum absolute atomic E-state index is 0.0666. The van der Waals surface area contributed by atoms with Crippen LogP contribution in [0.25, 0.3) is 5.00 Å². The minimum atomic E-state index is -0.191. The topological polar surface area (TPSA) is 71.0 Å². The normalized spacial score (nSPS) is 16.1. The van der Waals surface area contributed by atoms with Crippen LogP contribution in [0.2, 0.25) is 0 Å². The van der Waals surface area contributed by atoms with Gasteiger partial charge in [-0.3, -0.25) is 4.79 Å². The van der Waals surface area contributed by atoms with Crippen molar-refractivity contribution in [3.8, 4) is 5.00 Å². The Morgan fingerprint density at radius 2 is 1.97 bits per heavy atom. The summed E-state index contributed by atoms with van der Waals surface area (Å²) in [6.45, 7) is 3.60. The molecule has 1 amide bonds. The molecule has 1 aliphatic heterocycles. The van der Waals surface area contributed by atoms with Crippen LogP contribution in [0.15, 0.2) is 52.6 Å². The molecule has 0 saturated carbocycles. The molecule has 0 bridgehead atoms. The molecule has 7 heteroatoms. The summed E-state index contributed by atoms with van der Waals surface area (Å²) in [5, 5.41) is 9.68. The molecule has 6 nitrogen and oxygen atoms in total. The van der Waals surface area contributed by atoms with Gasteiger partial charge in [-0.25, -0.2) is 14.5 Å². The summed E-state index contributed by atoms with van der Waals surface area (Å²) in [4.78, 5) is 27.2. The van der Waals surface area contributed by atoms with Crippen LogP contribution >= 0.6 is 11.3 Å². The van der Waals surface area contributed by atoms with E-state index in [9.17, 15) is 9.59 Å². The number of H-pyrrole nitrogens is 1. The van der Waals surface area contributed by atoms with Crippen molar-refractivity contribution >= 4 is 17.2 Å². The van der Waals surface area contributed by atoms with Crippen LogP contribution in [-0.4, -0.2) is 38.7 Å². The molecule has 1 unspecified atom stereocenters. The molecule has 1 atom stereocenters. The second-order valence-electron chi connectivity index (χ2n) is 7.58. The van der Waals surface area contributed by atoms with Gasteiger partial charge in [0.05, 0.1) is 5.92 Å². The summed E-state index contributed by atoms with van der Waals surface area (Å²) in [5.41, 5.74) is 0.905. The molecule has 29 heavy (non-hydrogen) atoms. The molecule has 2 aromatic heterocycles. The number of carbonyl (C=O) groups is 1. The molecule has 1 aromatic carbocycles. The number of likely N-dealkylation sites (tertiary alicyclic amines) is 1. The Morgan fingerprint density at radius 1 is 1.21 bits per heavy atom. The lowest BCUT2D eigenvalue weighted by Crippen LogP contribution is -2.41. The number of aromatic nitrogens is 3. The smallest absolute Gasteiger partial charge is 0.342 e. The first kappa shape index (κ1) is 19.6. The zero-order valence-corrected chi connectivity index (χ0v) is 17.4. The first-order chi connectivity index (χ1) is 14.2. The number of carbonyl (C=O) groups excluding carboxylic acids is 1. The molecule has 1 N–H and O–H groups in total. The lowest BCUT2D eigenvalue weighted by molar-refractivity contribution is -0.134. The first-order valence-electron chi connectivity index (χ1n) is 10.2. The average Bonchev–Trinajstić information content (AvgIpc) is 3.39. The van der Waals surface area contributed by atoms with E-state index in [4.69, 9.17) is 0 Å². The predicted octanol–water partition coefficient (Wildman–Crippen LogP) is 3.60. The predicted molar refractivity (Wildman–Crippen MR) is 115 cm³/mol. The molecule has 0 spiro atoms. The quantitative estimate of drug-likeness (QED) is 0.675. The average molecular weight is 411 g/mol. The van der Waals surface area contributed by atoms with Crippen LogP contribution in [0.1, 0.15) is 43.5 Å². The molecule has 4 rings (SSSR count). The largest absolute Gasteiger partial charge is 0.348 e. The number of thiophene rings is 1. The first-order valence-corrected chi connectivity index (χ1v) is 11.1.